The number of carbonyl (C=O) groups is 1. The van der Waals surface area contributed by atoms with Crippen molar-refractivity contribution < 1.29 is 14.6 Å². The predicted octanol–water partition coefficient (Wildman–Crippen LogP) is 3.85. The number of ether oxygens (including phenoxy) is 1. The number of hydrogen-bond donors (Lipinski definition) is 1. The first-order valence-corrected chi connectivity index (χ1v) is 9.26. The maximum atomic E-state index is 12.7. The SMILES string of the molecule is C=C[C@]1(C)CC[C@]2(C)[C@H](C[C@@H](O)[C@H]3[C@]4(C)CCC[C@@]32OC4=O)C1. The predicted molar refractivity (Wildman–Crippen MR) is 88.6 cm³/mol. The lowest BCUT2D eigenvalue weighted by molar-refractivity contribution is -0.228. The molecule has 3 saturated carbocycles. The first-order chi connectivity index (χ1) is 10.7. The van der Waals surface area contributed by atoms with Crippen molar-refractivity contribution in [2.75, 3.05) is 0 Å². The molecular formula is C20H30O3. The van der Waals surface area contributed by atoms with Crippen LogP contribution in [0.1, 0.15) is 65.7 Å². The van der Waals surface area contributed by atoms with Gasteiger partial charge in [0.1, 0.15) is 5.60 Å². The maximum absolute atomic E-state index is 12.7. The zero-order valence-electron chi connectivity index (χ0n) is 14.7. The maximum Gasteiger partial charge on any atom is 0.312 e. The van der Waals surface area contributed by atoms with Crippen LogP contribution in [0.3, 0.4) is 0 Å². The molecule has 0 unspecified atom stereocenters. The molecule has 0 spiro atoms. The number of carbonyl (C=O) groups excluding carboxylic acids is 1. The molecule has 23 heavy (non-hydrogen) atoms. The highest BCUT2D eigenvalue weighted by atomic mass is 16.6. The van der Waals surface area contributed by atoms with Gasteiger partial charge < -0.3 is 9.84 Å². The van der Waals surface area contributed by atoms with Crippen LogP contribution in [-0.2, 0) is 9.53 Å². The Morgan fingerprint density at radius 1 is 1.22 bits per heavy atom. The lowest BCUT2D eigenvalue weighted by Crippen LogP contribution is -2.66. The molecule has 3 aliphatic carbocycles. The van der Waals surface area contributed by atoms with Crippen molar-refractivity contribution in [3.05, 3.63) is 12.7 Å². The molecular weight excluding hydrogens is 288 g/mol. The summed E-state index contributed by atoms with van der Waals surface area (Å²) in [5.74, 6) is 0.322. The average molecular weight is 318 g/mol. The van der Waals surface area contributed by atoms with Crippen molar-refractivity contribution in [1.29, 1.82) is 0 Å². The van der Waals surface area contributed by atoms with Crippen molar-refractivity contribution in [2.45, 2.75) is 77.4 Å². The van der Waals surface area contributed by atoms with Crippen LogP contribution < -0.4 is 0 Å². The molecule has 4 rings (SSSR count). The van der Waals surface area contributed by atoms with Crippen LogP contribution in [0, 0.1) is 28.1 Å². The zero-order valence-corrected chi connectivity index (χ0v) is 14.7. The molecule has 0 aromatic heterocycles. The van der Waals surface area contributed by atoms with Gasteiger partial charge in [-0.1, -0.05) is 19.9 Å². The highest BCUT2D eigenvalue weighted by molar-refractivity contribution is 5.81. The molecule has 1 aliphatic heterocycles. The molecule has 2 bridgehead atoms. The molecule has 128 valence electrons. The van der Waals surface area contributed by atoms with Crippen molar-refractivity contribution in [3.8, 4) is 0 Å². The molecule has 7 atom stereocenters. The van der Waals surface area contributed by atoms with Gasteiger partial charge in [0.2, 0.25) is 0 Å². The number of aliphatic hydroxyl groups excluding tert-OH is 1. The van der Waals surface area contributed by atoms with E-state index in [9.17, 15) is 9.90 Å². The zero-order chi connectivity index (χ0) is 16.7. The molecule has 3 heteroatoms. The van der Waals surface area contributed by atoms with Gasteiger partial charge in [-0.25, -0.2) is 0 Å². The average Bonchev–Trinajstić information content (AvgIpc) is 2.64. The van der Waals surface area contributed by atoms with E-state index >= 15 is 0 Å². The van der Waals surface area contributed by atoms with Crippen molar-refractivity contribution in [3.63, 3.8) is 0 Å². The lowest BCUT2D eigenvalue weighted by Gasteiger charge is -2.63. The van der Waals surface area contributed by atoms with E-state index in [0.29, 0.717) is 5.92 Å². The molecule has 1 heterocycles. The Kier molecular flexibility index (Phi) is 3.01. The van der Waals surface area contributed by atoms with Gasteiger partial charge in [-0.05, 0) is 63.2 Å². The van der Waals surface area contributed by atoms with Gasteiger partial charge in [-0.3, -0.25) is 4.79 Å². The largest absolute Gasteiger partial charge is 0.458 e. The Balaban J connectivity index is 1.81. The number of fused-ring (bicyclic) bond motifs is 1. The third-order valence-corrected chi connectivity index (χ3v) is 8.37. The van der Waals surface area contributed by atoms with E-state index in [1.807, 2.05) is 6.92 Å². The highest BCUT2D eigenvalue weighted by Crippen LogP contribution is 2.71. The highest BCUT2D eigenvalue weighted by Gasteiger charge is 2.75. The van der Waals surface area contributed by atoms with Crippen molar-refractivity contribution >= 4 is 5.97 Å². The molecule has 0 aromatic carbocycles. The molecule has 4 fully saturated rings. The summed E-state index contributed by atoms with van der Waals surface area (Å²) in [4.78, 5) is 12.7. The number of rotatable bonds is 1. The van der Waals surface area contributed by atoms with E-state index in [2.05, 4.69) is 26.5 Å². The van der Waals surface area contributed by atoms with Gasteiger partial charge in [0.05, 0.1) is 11.5 Å². The summed E-state index contributed by atoms with van der Waals surface area (Å²) in [6.45, 7) is 10.7. The summed E-state index contributed by atoms with van der Waals surface area (Å²) in [7, 11) is 0. The topological polar surface area (TPSA) is 46.5 Å². The summed E-state index contributed by atoms with van der Waals surface area (Å²) in [5, 5.41) is 11.0. The summed E-state index contributed by atoms with van der Waals surface area (Å²) in [6, 6.07) is 0. The Bertz CT molecular complexity index is 571. The van der Waals surface area contributed by atoms with Gasteiger partial charge in [-0.2, -0.15) is 0 Å². The fraction of sp³-hybridized carbons (Fsp3) is 0.850. The fourth-order valence-corrected chi connectivity index (χ4v) is 6.82. The quantitative estimate of drug-likeness (QED) is 0.590. The molecule has 3 nitrogen and oxygen atoms in total. The van der Waals surface area contributed by atoms with Crippen LogP contribution in [0.15, 0.2) is 12.7 Å². The third kappa shape index (κ3) is 1.67. The number of hydrogen-bond acceptors (Lipinski definition) is 3. The molecule has 1 N–H and O–H groups in total. The molecule has 4 aliphatic rings. The third-order valence-electron chi connectivity index (χ3n) is 8.37. The van der Waals surface area contributed by atoms with Crippen molar-refractivity contribution in [1.82, 2.24) is 0 Å². The van der Waals surface area contributed by atoms with Gasteiger partial charge in [0.25, 0.3) is 0 Å². The lowest BCUT2D eigenvalue weighted by atomic mass is 9.42. The Morgan fingerprint density at radius 3 is 2.65 bits per heavy atom. The summed E-state index contributed by atoms with van der Waals surface area (Å²) in [5.41, 5.74) is -0.784. The summed E-state index contributed by atoms with van der Waals surface area (Å²) in [6.07, 6.45) is 8.51. The summed E-state index contributed by atoms with van der Waals surface area (Å²) >= 11 is 0. The molecule has 0 aromatic rings. The first kappa shape index (κ1) is 15.7. The Labute approximate surface area is 139 Å². The minimum atomic E-state index is -0.481. The van der Waals surface area contributed by atoms with Crippen LogP contribution in [0.4, 0.5) is 0 Å². The second-order valence-electron chi connectivity index (χ2n) is 9.51. The second kappa shape index (κ2) is 4.41. The second-order valence-corrected chi connectivity index (χ2v) is 9.51. The van der Waals surface area contributed by atoms with Crippen LogP contribution in [0.5, 0.6) is 0 Å². The van der Waals surface area contributed by atoms with E-state index in [1.54, 1.807) is 0 Å². The normalized spacial score (nSPS) is 58.1. The number of aliphatic hydroxyl groups is 1. The van der Waals surface area contributed by atoms with E-state index in [4.69, 9.17) is 4.74 Å². The molecule has 0 amide bonds. The van der Waals surface area contributed by atoms with Crippen LogP contribution in [0.25, 0.3) is 0 Å². The van der Waals surface area contributed by atoms with Crippen molar-refractivity contribution in [2.24, 2.45) is 28.1 Å². The number of esters is 1. The standard InChI is InChI=1S/C20H30O3/c1-5-17(2)9-10-19(4)13(12-17)11-14(21)15-18(3)7-6-8-20(15,19)23-16(18)22/h5,13-15,21H,1,6-12H2,2-4H3/t13-,14-,15+,17-,18+,19-,20-/m1/s1. The fourth-order valence-electron chi connectivity index (χ4n) is 6.82. The Hall–Kier alpha value is -0.830. The van der Waals surface area contributed by atoms with Crippen LogP contribution in [0.2, 0.25) is 0 Å². The smallest absolute Gasteiger partial charge is 0.312 e. The molecule has 0 radical (unpaired) electrons. The Morgan fingerprint density at radius 2 is 1.96 bits per heavy atom. The van der Waals surface area contributed by atoms with E-state index < -0.39 is 17.1 Å². The van der Waals surface area contributed by atoms with Crippen LogP contribution in [-0.4, -0.2) is 22.8 Å². The van der Waals surface area contributed by atoms with Crippen LogP contribution >= 0.6 is 0 Å². The molecule has 1 saturated heterocycles. The minimum Gasteiger partial charge on any atom is -0.458 e. The van der Waals surface area contributed by atoms with Gasteiger partial charge in [0.15, 0.2) is 0 Å². The first-order valence-electron chi connectivity index (χ1n) is 9.26. The minimum absolute atomic E-state index is 0.00669. The van der Waals surface area contributed by atoms with E-state index in [0.717, 1.165) is 44.9 Å². The summed E-state index contributed by atoms with van der Waals surface area (Å²) < 4.78 is 6.20. The van der Waals surface area contributed by atoms with Gasteiger partial charge >= 0.3 is 5.97 Å². The monoisotopic (exact) mass is 318 g/mol. The number of allylic oxidation sites excluding steroid dienone is 1. The van der Waals surface area contributed by atoms with Gasteiger partial charge in [-0.15, -0.1) is 6.58 Å². The van der Waals surface area contributed by atoms with Gasteiger partial charge in [0, 0.05) is 11.3 Å². The van der Waals surface area contributed by atoms with E-state index in [-0.39, 0.29) is 22.7 Å². The van der Waals surface area contributed by atoms with E-state index in [1.165, 1.54) is 0 Å².